The zero-order valence-electron chi connectivity index (χ0n) is 11.5. The van der Waals surface area contributed by atoms with E-state index in [0.29, 0.717) is 13.1 Å². The van der Waals surface area contributed by atoms with Gasteiger partial charge in [0.25, 0.3) is 0 Å². The van der Waals surface area contributed by atoms with Crippen LogP contribution in [0.25, 0.3) is 0 Å². The van der Waals surface area contributed by atoms with Crippen LogP contribution in [0.2, 0.25) is 0 Å². The zero-order chi connectivity index (χ0) is 13.9. The van der Waals surface area contributed by atoms with Gasteiger partial charge in [0.1, 0.15) is 5.82 Å². The molecule has 5 nitrogen and oxygen atoms in total. The average Bonchev–Trinajstić information content (AvgIpc) is 2.47. The number of anilines is 1. The van der Waals surface area contributed by atoms with Crippen molar-refractivity contribution in [3.63, 3.8) is 0 Å². The lowest BCUT2D eigenvalue weighted by Crippen LogP contribution is -2.39. The third kappa shape index (κ3) is 3.25. The summed E-state index contributed by atoms with van der Waals surface area (Å²) in [6.07, 6.45) is 3.72. The number of nitrogens with one attached hydrogen (secondary N) is 1. The fourth-order valence-corrected chi connectivity index (χ4v) is 3.67. The molecule has 6 heteroatoms. The Bertz CT molecular complexity index is 530. The first-order valence-corrected chi connectivity index (χ1v) is 8.29. The van der Waals surface area contributed by atoms with Crippen LogP contribution >= 0.6 is 0 Å². The van der Waals surface area contributed by atoms with Gasteiger partial charge in [0, 0.05) is 26.3 Å². The third-order valence-corrected chi connectivity index (χ3v) is 5.50. The highest BCUT2D eigenvalue weighted by atomic mass is 32.2. The van der Waals surface area contributed by atoms with Gasteiger partial charge in [-0.1, -0.05) is 0 Å². The molecule has 0 amide bonds. The molecular formula is C13H21N3O2S. The van der Waals surface area contributed by atoms with Crippen molar-refractivity contribution in [1.29, 1.82) is 0 Å². The molecule has 0 aromatic carbocycles. The lowest BCUT2D eigenvalue weighted by Gasteiger charge is -2.32. The molecule has 0 bridgehead atoms. The molecule has 1 aliphatic heterocycles. The SMILES string of the molecule is CCS(=O)(=O)N1CCC[C@H](c2ccnc(NC)c2)C1. The molecule has 1 aromatic rings. The molecule has 2 rings (SSSR count). The molecule has 1 atom stereocenters. The lowest BCUT2D eigenvalue weighted by molar-refractivity contribution is 0.316. The van der Waals surface area contributed by atoms with Crippen LogP contribution in [0, 0.1) is 0 Å². The molecule has 0 unspecified atom stereocenters. The van der Waals surface area contributed by atoms with E-state index in [-0.39, 0.29) is 11.7 Å². The molecule has 1 aliphatic rings. The molecule has 106 valence electrons. The van der Waals surface area contributed by atoms with Crippen molar-refractivity contribution in [2.45, 2.75) is 25.7 Å². The van der Waals surface area contributed by atoms with Gasteiger partial charge in [-0.2, -0.15) is 0 Å². The molecule has 2 heterocycles. The summed E-state index contributed by atoms with van der Waals surface area (Å²) in [7, 11) is -1.24. The van der Waals surface area contributed by atoms with Crippen LogP contribution in [0.5, 0.6) is 0 Å². The van der Waals surface area contributed by atoms with E-state index in [1.165, 1.54) is 0 Å². The largest absolute Gasteiger partial charge is 0.373 e. The van der Waals surface area contributed by atoms with Crippen LogP contribution in [0.15, 0.2) is 18.3 Å². The number of aromatic nitrogens is 1. The number of hydrogen-bond donors (Lipinski definition) is 1. The molecule has 1 N–H and O–H groups in total. The predicted octanol–water partition coefficient (Wildman–Crippen LogP) is 1.65. The second-order valence-electron chi connectivity index (χ2n) is 4.82. The van der Waals surface area contributed by atoms with Crippen LogP contribution < -0.4 is 5.32 Å². The van der Waals surface area contributed by atoms with E-state index >= 15 is 0 Å². The van der Waals surface area contributed by atoms with E-state index in [4.69, 9.17) is 0 Å². The Morgan fingerprint density at radius 1 is 1.53 bits per heavy atom. The number of nitrogens with zero attached hydrogens (tertiary/aromatic N) is 2. The normalized spacial score (nSPS) is 21.3. The maximum atomic E-state index is 12.0. The fourth-order valence-electron chi connectivity index (χ4n) is 2.49. The topological polar surface area (TPSA) is 62.3 Å². The first kappa shape index (κ1) is 14.3. The van der Waals surface area contributed by atoms with Crippen LogP contribution in [-0.4, -0.2) is 43.6 Å². The molecule has 1 fully saturated rings. The van der Waals surface area contributed by atoms with Crippen molar-refractivity contribution in [1.82, 2.24) is 9.29 Å². The van der Waals surface area contributed by atoms with Gasteiger partial charge in [-0.15, -0.1) is 0 Å². The van der Waals surface area contributed by atoms with Crippen LogP contribution in [0.4, 0.5) is 5.82 Å². The first-order chi connectivity index (χ1) is 9.06. The average molecular weight is 283 g/mol. The molecule has 1 saturated heterocycles. The Morgan fingerprint density at radius 2 is 2.32 bits per heavy atom. The van der Waals surface area contributed by atoms with Gasteiger partial charge in [0.15, 0.2) is 0 Å². The minimum Gasteiger partial charge on any atom is -0.373 e. The van der Waals surface area contributed by atoms with Crippen molar-refractivity contribution in [3.8, 4) is 0 Å². The monoisotopic (exact) mass is 283 g/mol. The van der Waals surface area contributed by atoms with Crippen LogP contribution in [0.1, 0.15) is 31.2 Å². The van der Waals surface area contributed by atoms with Gasteiger partial charge < -0.3 is 5.32 Å². The molecular weight excluding hydrogens is 262 g/mol. The summed E-state index contributed by atoms with van der Waals surface area (Å²) < 4.78 is 25.5. The highest BCUT2D eigenvalue weighted by Gasteiger charge is 2.28. The van der Waals surface area contributed by atoms with Crippen molar-refractivity contribution in [2.24, 2.45) is 0 Å². The molecule has 0 radical (unpaired) electrons. The summed E-state index contributed by atoms with van der Waals surface area (Å²) in [5.41, 5.74) is 1.16. The maximum absolute atomic E-state index is 12.0. The number of pyridine rings is 1. The number of hydrogen-bond acceptors (Lipinski definition) is 4. The highest BCUT2D eigenvalue weighted by Crippen LogP contribution is 2.29. The minimum atomic E-state index is -3.08. The summed E-state index contributed by atoms with van der Waals surface area (Å²) in [4.78, 5) is 4.19. The Balaban J connectivity index is 2.17. The second kappa shape index (κ2) is 5.88. The molecule has 0 saturated carbocycles. The van der Waals surface area contributed by atoms with Crippen LogP contribution in [0.3, 0.4) is 0 Å². The lowest BCUT2D eigenvalue weighted by atomic mass is 9.92. The third-order valence-electron chi connectivity index (χ3n) is 3.65. The summed E-state index contributed by atoms with van der Waals surface area (Å²) >= 11 is 0. The Kier molecular flexibility index (Phi) is 4.42. The summed E-state index contributed by atoms with van der Waals surface area (Å²) in [5.74, 6) is 1.27. The number of sulfonamides is 1. The minimum absolute atomic E-state index is 0.178. The Hall–Kier alpha value is -1.14. The van der Waals surface area contributed by atoms with Crippen molar-refractivity contribution < 1.29 is 8.42 Å². The Morgan fingerprint density at radius 3 is 3.00 bits per heavy atom. The number of piperidine rings is 1. The maximum Gasteiger partial charge on any atom is 0.213 e. The fraction of sp³-hybridized carbons (Fsp3) is 0.615. The van der Waals surface area contributed by atoms with Crippen molar-refractivity contribution in [2.75, 3.05) is 31.2 Å². The smallest absolute Gasteiger partial charge is 0.213 e. The van der Waals surface area contributed by atoms with Crippen LogP contribution in [-0.2, 0) is 10.0 Å². The van der Waals surface area contributed by atoms with E-state index in [9.17, 15) is 8.42 Å². The van der Waals surface area contributed by atoms with Gasteiger partial charge in [0.05, 0.1) is 5.75 Å². The molecule has 1 aromatic heterocycles. The van der Waals surface area contributed by atoms with Gasteiger partial charge in [-0.05, 0) is 43.4 Å². The Labute approximate surface area is 115 Å². The summed E-state index contributed by atoms with van der Waals surface area (Å²) in [5, 5.41) is 3.02. The zero-order valence-corrected chi connectivity index (χ0v) is 12.3. The predicted molar refractivity (Wildman–Crippen MR) is 76.8 cm³/mol. The first-order valence-electron chi connectivity index (χ1n) is 6.68. The molecule has 0 spiro atoms. The quantitative estimate of drug-likeness (QED) is 0.912. The van der Waals surface area contributed by atoms with Gasteiger partial charge in [0.2, 0.25) is 10.0 Å². The summed E-state index contributed by atoms with van der Waals surface area (Å²) in [6.45, 7) is 2.93. The van der Waals surface area contributed by atoms with Gasteiger partial charge in [-0.25, -0.2) is 17.7 Å². The van der Waals surface area contributed by atoms with E-state index in [1.807, 2.05) is 19.2 Å². The standard InChI is InChI=1S/C13H21N3O2S/c1-3-19(17,18)16-8-4-5-12(10-16)11-6-7-15-13(9-11)14-2/h6-7,9,12H,3-5,8,10H2,1-2H3,(H,14,15)/t12-/m0/s1. The van der Waals surface area contributed by atoms with E-state index in [1.54, 1.807) is 17.4 Å². The van der Waals surface area contributed by atoms with Gasteiger partial charge in [-0.3, -0.25) is 0 Å². The van der Waals surface area contributed by atoms with E-state index in [0.717, 1.165) is 24.2 Å². The number of rotatable bonds is 4. The van der Waals surface area contributed by atoms with E-state index < -0.39 is 10.0 Å². The highest BCUT2D eigenvalue weighted by molar-refractivity contribution is 7.89. The van der Waals surface area contributed by atoms with Crippen molar-refractivity contribution in [3.05, 3.63) is 23.9 Å². The summed E-state index contributed by atoms with van der Waals surface area (Å²) in [6, 6.07) is 3.99. The van der Waals surface area contributed by atoms with Gasteiger partial charge >= 0.3 is 0 Å². The second-order valence-corrected chi connectivity index (χ2v) is 7.08. The molecule has 0 aliphatic carbocycles. The molecule has 19 heavy (non-hydrogen) atoms. The van der Waals surface area contributed by atoms with E-state index in [2.05, 4.69) is 10.3 Å². The van der Waals surface area contributed by atoms with Crippen molar-refractivity contribution >= 4 is 15.8 Å².